The maximum Gasteiger partial charge on any atom is 0.331 e. The number of aliphatic carboxylic acids is 1. The van der Waals surface area contributed by atoms with Crippen molar-refractivity contribution < 1.29 is 19.4 Å². The van der Waals surface area contributed by atoms with Gasteiger partial charge in [0.15, 0.2) is 24.2 Å². The number of benzene rings is 1. The van der Waals surface area contributed by atoms with Gasteiger partial charge in [-0.3, -0.25) is 9.69 Å². The number of carboxylic acids is 1. The zero-order valence-corrected chi connectivity index (χ0v) is 12.9. The van der Waals surface area contributed by atoms with E-state index in [9.17, 15) is 14.7 Å². The molecule has 1 N–H and O–H groups in total. The molecule has 1 atom stereocenters. The normalized spacial score (nSPS) is 15.0. The summed E-state index contributed by atoms with van der Waals surface area (Å²) in [7, 11) is 0. The second-order valence-corrected chi connectivity index (χ2v) is 5.47. The summed E-state index contributed by atoms with van der Waals surface area (Å²) in [5, 5.41) is 9.62. The number of fused-ring (bicyclic) bond motifs is 1. The quantitative estimate of drug-likeness (QED) is 0.848. The minimum absolute atomic E-state index is 0.196. The van der Waals surface area contributed by atoms with Gasteiger partial charge >= 0.3 is 5.97 Å². The standard InChI is InChI=1S/C15H11BrN2O4/c16-11-7-6-10-14(17-11)18(12(19)8-22-10)13(15(20)21)9-4-2-1-3-5-9/h1-7,13H,8H2,(H,20,21). The summed E-state index contributed by atoms with van der Waals surface area (Å²) in [6.07, 6.45) is 0. The molecule has 7 heteroatoms. The number of carboxylic acid groups (broad SMARTS) is 1. The van der Waals surface area contributed by atoms with Crippen LogP contribution < -0.4 is 9.64 Å². The van der Waals surface area contributed by atoms with Gasteiger partial charge in [-0.2, -0.15) is 0 Å². The molecule has 1 aromatic carbocycles. The molecule has 1 aromatic heterocycles. The summed E-state index contributed by atoms with van der Waals surface area (Å²) >= 11 is 3.23. The van der Waals surface area contributed by atoms with Crippen molar-refractivity contribution in [2.45, 2.75) is 6.04 Å². The molecule has 1 amide bonds. The summed E-state index contributed by atoms with van der Waals surface area (Å²) in [6.45, 7) is -0.215. The molecule has 0 saturated carbocycles. The van der Waals surface area contributed by atoms with Crippen LogP contribution in [0.1, 0.15) is 11.6 Å². The fourth-order valence-electron chi connectivity index (χ4n) is 2.33. The monoisotopic (exact) mass is 362 g/mol. The highest BCUT2D eigenvalue weighted by molar-refractivity contribution is 9.10. The van der Waals surface area contributed by atoms with Gasteiger partial charge in [-0.25, -0.2) is 9.78 Å². The molecular formula is C15H11BrN2O4. The Balaban J connectivity index is 2.14. The predicted molar refractivity (Wildman–Crippen MR) is 81.7 cm³/mol. The molecule has 0 saturated heterocycles. The summed E-state index contributed by atoms with van der Waals surface area (Å²) in [5.74, 6) is -1.00. The van der Waals surface area contributed by atoms with Gasteiger partial charge in [-0.05, 0) is 33.6 Å². The molecular weight excluding hydrogens is 352 g/mol. The van der Waals surface area contributed by atoms with Crippen LogP contribution >= 0.6 is 15.9 Å². The number of pyridine rings is 1. The average Bonchev–Trinajstić information content (AvgIpc) is 2.51. The largest absolute Gasteiger partial charge is 0.480 e. The molecule has 0 fully saturated rings. The lowest BCUT2D eigenvalue weighted by Crippen LogP contribution is -2.45. The third-order valence-electron chi connectivity index (χ3n) is 3.26. The Morgan fingerprint density at radius 3 is 2.68 bits per heavy atom. The van der Waals surface area contributed by atoms with Crippen LogP contribution in [0.3, 0.4) is 0 Å². The van der Waals surface area contributed by atoms with Crippen molar-refractivity contribution in [1.29, 1.82) is 0 Å². The van der Waals surface area contributed by atoms with Crippen molar-refractivity contribution in [3.8, 4) is 5.75 Å². The van der Waals surface area contributed by atoms with Crippen LogP contribution in [0, 0.1) is 0 Å². The van der Waals surface area contributed by atoms with E-state index in [1.165, 1.54) is 4.90 Å². The Hall–Kier alpha value is -2.41. The SMILES string of the molecule is O=C(O)C(c1ccccc1)N1C(=O)COc2ccc(Br)nc21. The number of hydrogen-bond donors (Lipinski definition) is 1. The fourth-order valence-corrected chi connectivity index (χ4v) is 2.63. The molecule has 2 heterocycles. The number of anilines is 1. The third-order valence-corrected chi connectivity index (χ3v) is 3.70. The van der Waals surface area contributed by atoms with Crippen LogP contribution in [0.15, 0.2) is 47.1 Å². The van der Waals surface area contributed by atoms with E-state index in [-0.39, 0.29) is 12.4 Å². The number of aromatic nitrogens is 1. The van der Waals surface area contributed by atoms with E-state index in [1.54, 1.807) is 42.5 Å². The number of carbonyl (C=O) groups is 2. The zero-order valence-electron chi connectivity index (χ0n) is 11.3. The van der Waals surface area contributed by atoms with Crippen LogP contribution in [-0.4, -0.2) is 28.6 Å². The number of hydrogen-bond acceptors (Lipinski definition) is 4. The molecule has 0 spiro atoms. The molecule has 2 aromatic rings. The van der Waals surface area contributed by atoms with Crippen molar-refractivity contribution in [2.24, 2.45) is 0 Å². The Morgan fingerprint density at radius 2 is 2.00 bits per heavy atom. The Kier molecular flexibility index (Phi) is 3.81. The van der Waals surface area contributed by atoms with Crippen LogP contribution in [-0.2, 0) is 9.59 Å². The maximum atomic E-state index is 12.3. The lowest BCUT2D eigenvalue weighted by Gasteiger charge is -2.32. The number of halogens is 1. The van der Waals surface area contributed by atoms with Crippen LogP contribution in [0.2, 0.25) is 0 Å². The molecule has 1 aliphatic rings. The predicted octanol–water partition coefficient (Wildman–Crippen LogP) is 2.40. The maximum absolute atomic E-state index is 12.3. The second-order valence-electron chi connectivity index (χ2n) is 4.66. The molecule has 3 rings (SSSR count). The van der Waals surface area contributed by atoms with E-state index in [0.29, 0.717) is 15.9 Å². The third kappa shape index (κ3) is 2.55. The van der Waals surface area contributed by atoms with E-state index >= 15 is 0 Å². The Morgan fingerprint density at radius 1 is 1.27 bits per heavy atom. The molecule has 1 aliphatic heterocycles. The molecule has 0 bridgehead atoms. The molecule has 6 nitrogen and oxygen atoms in total. The first-order chi connectivity index (χ1) is 10.6. The van der Waals surface area contributed by atoms with Gasteiger partial charge in [-0.1, -0.05) is 30.3 Å². The van der Waals surface area contributed by atoms with Gasteiger partial charge in [-0.15, -0.1) is 0 Å². The van der Waals surface area contributed by atoms with Crippen molar-refractivity contribution in [3.05, 3.63) is 52.6 Å². The van der Waals surface area contributed by atoms with E-state index in [0.717, 1.165) is 0 Å². The van der Waals surface area contributed by atoms with Crippen molar-refractivity contribution >= 4 is 33.6 Å². The van der Waals surface area contributed by atoms with E-state index in [2.05, 4.69) is 20.9 Å². The number of rotatable bonds is 3. The first-order valence-corrected chi connectivity index (χ1v) is 7.26. The van der Waals surface area contributed by atoms with Gasteiger partial charge in [0.1, 0.15) is 4.60 Å². The first-order valence-electron chi connectivity index (χ1n) is 6.47. The van der Waals surface area contributed by atoms with Gasteiger partial charge < -0.3 is 9.84 Å². The zero-order chi connectivity index (χ0) is 15.7. The molecule has 112 valence electrons. The summed E-state index contributed by atoms with van der Waals surface area (Å²) in [5.41, 5.74) is 0.498. The lowest BCUT2D eigenvalue weighted by molar-refractivity contribution is -0.140. The summed E-state index contributed by atoms with van der Waals surface area (Å²) in [6, 6.07) is 10.7. The highest BCUT2D eigenvalue weighted by atomic mass is 79.9. The average molecular weight is 363 g/mol. The van der Waals surface area contributed by atoms with Gasteiger partial charge in [0, 0.05) is 0 Å². The van der Waals surface area contributed by atoms with Gasteiger partial charge in [0.25, 0.3) is 5.91 Å². The minimum Gasteiger partial charge on any atom is -0.480 e. The smallest absolute Gasteiger partial charge is 0.331 e. The second kappa shape index (κ2) is 5.76. The van der Waals surface area contributed by atoms with Crippen molar-refractivity contribution in [1.82, 2.24) is 4.98 Å². The number of amides is 1. The Labute approximate surface area is 134 Å². The molecule has 0 radical (unpaired) electrons. The first kappa shape index (κ1) is 14.5. The molecule has 1 unspecified atom stereocenters. The molecule has 0 aliphatic carbocycles. The van der Waals surface area contributed by atoms with Crippen molar-refractivity contribution in [3.63, 3.8) is 0 Å². The lowest BCUT2D eigenvalue weighted by atomic mass is 10.0. The number of nitrogens with zero attached hydrogens (tertiary/aromatic N) is 2. The highest BCUT2D eigenvalue weighted by Crippen LogP contribution is 2.37. The van der Waals surface area contributed by atoms with Crippen LogP contribution in [0.25, 0.3) is 0 Å². The van der Waals surface area contributed by atoms with E-state index in [4.69, 9.17) is 4.74 Å². The van der Waals surface area contributed by atoms with Gasteiger partial charge in [0.2, 0.25) is 0 Å². The van der Waals surface area contributed by atoms with Gasteiger partial charge in [0.05, 0.1) is 0 Å². The summed E-state index contributed by atoms with van der Waals surface area (Å²) in [4.78, 5) is 29.4. The van der Waals surface area contributed by atoms with Crippen LogP contribution in [0.5, 0.6) is 5.75 Å². The minimum atomic E-state index is -1.15. The Bertz CT molecular complexity index is 736. The summed E-state index contributed by atoms with van der Waals surface area (Å²) < 4.78 is 5.81. The highest BCUT2D eigenvalue weighted by Gasteiger charge is 2.38. The number of ether oxygens (including phenoxy) is 1. The van der Waals surface area contributed by atoms with E-state index in [1.807, 2.05) is 0 Å². The topological polar surface area (TPSA) is 79.7 Å². The van der Waals surface area contributed by atoms with Crippen molar-refractivity contribution in [2.75, 3.05) is 11.5 Å². The fraction of sp³-hybridized carbons (Fsp3) is 0.133. The number of carbonyl (C=O) groups excluding carboxylic acids is 1. The van der Waals surface area contributed by atoms with Crippen LogP contribution in [0.4, 0.5) is 5.82 Å². The molecule has 22 heavy (non-hydrogen) atoms. The van der Waals surface area contributed by atoms with E-state index < -0.39 is 17.9 Å².